The van der Waals surface area contributed by atoms with Crippen LogP contribution in [0.4, 0.5) is 5.69 Å². The molecule has 0 aliphatic carbocycles. The molecular weight excluding hydrogens is 286 g/mol. The molecule has 0 bridgehead atoms. The van der Waals surface area contributed by atoms with Crippen molar-refractivity contribution < 1.29 is 14.3 Å². The molecule has 2 aliphatic heterocycles. The van der Waals surface area contributed by atoms with Crippen LogP contribution < -0.4 is 14.4 Å². The highest BCUT2D eigenvalue weighted by atomic mass is 32.2. The van der Waals surface area contributed by atoms with Crippen LogP contribution in [0.15, 0.2) is 47.4 Å². The second-order valence-corrected chi connectivity index (χ2v) is 5.98. The number of anilines is 1. The van der Waals surface area contributed by atoms with Crippen LogP contribution in [0.2, 0.25) is 0 Å². The van der Waals surface area contributed by atoms with Crippen molar-refractivity contribution in [3.05, 3.63) is 48.0 Å². The molecule has 21 heavy (non-hydrogen) atoms. The summed E-state index contributed by atoms with van der Waals surface area (Å²) >= 11 is 1.79. The maximum Gasteiger partial charge on any atom is 0.258 e. The molecule has 2 aromatic carbocycles. The Kier molecular flexibility index (Phi) is 3.00. The van der Waals surface area contributed by atoms with Crippen molar-refractivity contribution >= 4 is 23.4 Å². The number of amides is 1. The third-order valence-corrected chi connectivity index (χ3v) is 4.64. The van der Waals surface area contributed by atoms with E-state index < -0.39 is 0 Å². The number of rotatable bonds is 1. The highest BCUT2D eigenvalue weighted by Crippen LogP contribution is 2.37. The Morgan fingerprint density at radius 2 is 1.95 bits per heavy atom. The highest BCUT2D eigenvalue weighted by molar-refractivity contribution is 7.99. The van der Waals surface area contributed by atoms with Crippen LogP contribution in [0.25, 0.3) is 0 Å². The number of nitrogens with zero attached hydrogens (tertiary/aromatic N) is 1. The molecule has 4 nitrogen and oxygen atoms in total. The lowest BCUT2D eigenvalue weighted by Crippen LogP contribution is -2.35. The summed E-state index contributed by atoms with van der Waals surface area (Å²) in [4.78, 5) is 15.8. The SMILES string of the molecule is O=C(c1ccc2c(c1)OCO2)N1CCSc2ccccc21. The molecule has 5 heteroatoms. The van der Waals surface area contributed by atoms with Crippen LogP contribution in [0, 0.1) is 0 Å². The molecular formula is C16H13NO3S. The van der Waals surface area contributed by atoms with E-state index in [9.17, 15) is 4.79 Å². The van der Waals surface area contributed by atoms with Crippen LogP contribution >= 0.6 is 11.8 Å². The van der Waals surface area contributed by atoms with Gasteiger partial charge in [-0.3, -0.25) is 4.79 Å². The predicted octanol–water partition coefficient (Wildman–Crippen LogP) is 3.17. The summed E-state index contributed by atoms with van der Waals surface area (Å²) in [5.41, 5.74) is 1.61. The zero-order valence-corrected chi connectivity index (χ0v) is 12.1. The second kappa shape index (κ2) is 5.00. The van der Waals surface area contributed by atoms with Crippen LogP contribution in [-0.2, 0) is 0 Å². The number of para-hydroxylation sites is 1. The summed E-state index contributed by atoms with van der Waals surface area (Å²) in [5.74, 6) is 2.25. The maximum absolute atomic E-state index is 12.8. The molecule has 106 valence electrons. The topological polar surface area (TPSA) is 38.8 Å². The number of carbonyl (C=O) groups excluding carboxylic acids is 1. The average molecular weight is 299 g/mol. The Balaban J connectivity index is 1.70. The van der Waals surface area contributed by atoms with Crippen molar-refractivity contribution in [3.8, 4) is 11.5 Å². The van der Waals surface area contributed by atoms with Gasteiger partial charge in [-0.2, -0.15) is 0 Å². The van der Waals surface area contributed by atoms with E-state index in [-0.39, 0.29) is 12.7 Å². The molecule has 0 atom stereocenters. The van der Waals surface area contributed by atoms with Crippen molar-refractivity contribution in [2.75, 3.05) is 24.0 Å². The summed E-state index contributed by atoms with van der Waals surface area (Å²) in [6.45, 7) is 0.936. The number of ether oxygens (including phenoxy) is 2. The second-order valence-electron chi connectivity index (χ2n) is 4.84. The Hall–Kier alpha value is -2.14. The van der Waals surface area contributed by atoms with Crippen molar-refractivity contribution in [1.82, 2.24) is 0 Å². The Labute approximate surface area is 126 Å². The van der Waals surface area contributed by atoms with Crippen LogP contribution in [0.5, 0.6) is 11.5 Å². The molecule has 0 saturated heterocycles. The summed E-state index contributed by atoms with van der Waals surface area (Å²) in [6, 6.07) is 13.4. The van der Waals surface area contributed by atoms with E-state index >= 15 is 0 Å². The number of carbonyl (C=O) groups is 1. The van der Waals surface area contributed by atoms with E-state index in [0.717, 1.165) is 22.9 Å². The lowest BCUT2D eigenvalue weighted by molar-refractivity contribution is 0.0987. The summed E-state index contributed by atoms with van der Waals surface area (Å²) in [7, 11) is 0. The molecule has 0 aromatic heterocycles. The van der Waals surface area contributed by atoms with Gasteiger partial charge in [-0.05, 0) is 30.3 Å². The van der Waals surface area contributed by atoms with E-state index in [1.165, 1.54) is 0 Å². The first kappa shape index (κ1) is 12.6. The quantitative estimate of drug-likeness (QED) is 0.811. The Morgan fingerprint density at radius 3 is 2.90 bits per heavy atom. The number of hydrogen-bond acceptors (Lipinski definition) is 4. The normalized spacial score (nSPS) is 15.7. The van der Waals surface area contributed by atoms with E-state index in [1.807, 2.05) is 23.1 Å². The van der Waals surface area contributed by atoms with Crippen molar-refractivity contribution in [3.63, 3.8) is 0 Å². The molecule has 0 radical (unpaired) electrons. The van der Waals surface area contributed by atoms with Gasteiger partial charge in [0.1, 0.15) is 0 Å². The van der Waals surface area contributed by atoms with Gasteiger partial charge < -0.3 is 14.4 Å². The zero-order valence-electron chi connectivity index (χ0n) is 11.2. The molecule has 0 unspecified atom stereocenters. The van der Waals surface area contributed by atoms with Crippen molar-refractivity contribution in [1.29, 1.82) is 0 Å². The first-order valence-electron chi connectivity index (χ1n) is 6.76. The number of benzene rings is 2. The van der Waals surface area contributed by atoms with Gasteiger partial charge in [-0.15, -0.1) is 11.8 Å². The molecule has 0 N–H and O–H groups in total. The summed E-state index contributed by atoms with van der Waals surface area (Å²) in [6.07, 6.45) is 0. The van der Waals surface area contributed by atoms with Gasteiger partial charge in [0, 0.05) is 22.8 Å². The van der Waals surface area contributed by atoms with E-state index in [4.69, 9.17) is 9.47 Å². The maximum atomic E-state index is 12.8. The van der Waals surface area contributed by atoms with Gasteiger partial charge >= 0.3 is 0 Å². The van der Waals surface area contributed by atoms with E-state index in [2.05, 4.69) is 6.07 Å². The molecule has 1 amide bonds. The fourth-order valence-corrected chi connectivity index (χ4v) is 3.56. The lowest BCUT2D eigenvalue weighted by atomic mass is 10.1. The smallest absolute Gasteiger partial charge is 0.258 e. The number of fused-ring (bicyclic) bond motifs is 2. The van der Waals surface area contributed by atoms with Gasteiger partial charge in [-0.1, -0.05) is 12.1 Å². The van der Waals surface area contributed by atoms with E-state index in [0.29, 0.717) is 17.1 Å². The molecule has 4 rings (SSSR count). The molecule has 2 aromatic rings. The predicted molar refractivity (Wildman–Crippen MR) is 81.4 cm³/mol. The first-order valence-corrected chi connectivity index (χ1v) is 7.75. The fraction of sp³-hybridized carbons (Fsp3) is 0.188. The summed E-state index contributed by atoms with van der Waals surface area (Å²) < 4.78 is 10.6. The van der Waals surface area contributed by atoms with Gasteiger partial charge in [0.05, 0.1) is 5.69 Å². The lowest BCUT2D eigenvalue weighted by Gasteiger charge is -2.29. The monoisotopic (exact) mass is 299 g/mol. The average Bonchev–Trinajstić information content (AvgIpc) is 3.01. The largest absolute Gasteiger partial charge is 0.454 e. The van der Waals surface area contributed by atoms with Gasteiger partial charge in [0.15, 0.2) is 11.5 Å². The fourth-order valence-electron chi connectivity index (χ4n) is 2.57. The zero-order chi connectivity index (χ0) is 14.2. The molecule has 2 aliphatic rings. The van der Waals surface area contributed by atoms with Crippen LogP contribution in [0.1, 0.15) is 10.4 Å². The molecule has 2 heterocycles. The highest BCUT2D eigenvalue weighted by Gasteiger charge is 2.25. The van der Waals surface area contributed by atoms with E-state index in [1.54, 1.807) is 30.0 Å². The Bertz CT molecular complexity index is 716. The van der Waals surface area contributed by atoms with Gasteiger partial charge in [0.25, 0.3) is 5.91 Å². The van der Waals surface area contributed by atoms with Crippen molar-refractivity contribution in [2.45, 2.75) is 4.90 Å². The minimum absolute atomic E-state index is 0.000972. The standard InChI is InChI=1S/C16H13NO3S/c18-16(11-5-6-13-14(9-11)20-10-19-13)17-7-8-21-15-4-2-1-3-12(15)17/h1-6,9H,7-8,10H2. The third-order valence-electron chi connectivity index (χ3n) is 3.59. The van der Waals surface area contributed by atoms with Gasteiger partial charge in [-0.25, -0.2) is 0 Å². The van der Waals surface area contributed by atoms with Crippen molar-refractivity contribution in [2.24, 2.45) is 0 Å². The summed E-state index contributed by atoms with van der Waals surface area (Å²) in [5, 5.41) is 0. The molecule has 0 saturated carbocycles. The molecule has 0 fully saturated rings. The Morgan fingerprint density at radius 1 is 1.10 bits per heavy atom. The number of thioether (sulfide) groups is 1. The third kappa shape index (κ3) is 2.14. The minimum Gasteiger partial charge on any atom is -0.454 e. The number of hydrogen-bond donors (Lipinski definition) is 0. The van der Waals surface area contributed by atoms with Crippen LogP contribution in [-0.4, -0.2) is 25.0 Å². The van der Waals surface area contributed by atoms with Crippen LogP contribution in [0.3, 0.4) is 0 Å². The molecule has 0 spiro atoms. The first-order chi connectivity index (χ1) is 10.3. The minimum atomic E-state index is 0.000972. The van der Waals surface area contributed by atoms with Gasteiger partial charge in [0.2, 0.25) is 6.79 Å².